The van der Waals surface area contributed by atoms with Crippen molar-refractivity contribution in [1.29, 1.82) is 0 Å². The smallest absolute Gasteiger partial charge is 0.259 e. The molecule has 3 aromatic heterocycles. The van der Waals surface area contributed by atoms with E-state index in [1.165, 1.54) is 12.1 Å². The van der Waals surface area contributed by atoms with Crippen molar-refractivity contribution in [3.8, 4) is 11.3 Å². The predicted octanol–water partition coefficient (Wildman–Crippen LogP) is 4.53. The van der Waals surface area contributed by atoms with Gasteiger partial charge >= 0.3 is 0 Å². The summed E-state index contributed by atoms with van der Waals surface area (Å²) in [6, 6.07) is 9.79. The minimum atomic E-state index is -0.347. The van der Waals surface area contributed by atoms with Crippen LogP contribution >= 0.6 is 0 Å². The van der Waals surface area contributed by atoms with Crippen LogP contribution in [0.2, 0.25) is 0 Å². The molecule has 0 spiro atoms. The van der Waals surface area contributed by atoms with Crippen molar-refractivity contribution in [3.63, 3.8) is 0 Å². The first kappa shape index (κ1) is 20.7. The van der Waals surface area contributed by atoms with E-state index < -0.39 is 0 Å². The lowest BCUT2D eigenvalue weighted by atomic mass is 10.0. The highest BCUT2D eigenvalue weighted by Gasteiger charge is 2.21. The highest BCUT2D eigenvalue weighted by atomic mass is 19.1. The molecule has 8 heteroatoms. The molecule has 160 valence electrons. The van der Waals surface area contributed by atoms with Crippen LogP contribution < -0.4 is 5.32 Å². The molecule has 0 saturated carbocycles. The lowest BCUT2D eigenvalue weighted by molar-refractivity contribution is 0.0953. The summed E-state index contributed by atoms with van der Waals surface area (Å²) in [5.41, 5.74) is 4.54. The van der Waals surface area contributed by atoms with E-state index in [1.807, 2.05) is 24.6 Å². The number of fused-ring (bicyclic) bond motifs is 1. The Morgan fingerprint density at radius 2 is 1.90 bits per heavy atom. The van der Waals surface area contributed by atoms with Gasteiger partial charge in [-0.2, -0.15) is 5.10 Å². The van der Waals surface area contributed by atoms with Crippen molar-refractivity contribution < 1.29 is 13.7 Å². The molecule has 1 N–H and O–H groups in total. The SMILES string of the molecule is Cc1cc(C(=O)NCC[C@H](C)n2nc(C)cc2C)c2c(-c3ccc(F)cc3)noc2n1. The van der Waals surface area contributed by atoms with Gasteiger partial charge in [0.05, 0.1) is 22.7 Å². The van der Waals surface area contributed by atoms with Crippen LogP contribution in [0.4, 0.5) is 4.39 Å². The molecule has 4 aromatic rings. The summed E-state index contributed by atoms with van der Waals surface area (Å²) in [6.07, 6.45) is 0.732. The number of hydrogen-bond acceptors (Lipinski definition) is 5. The lowest BCUT2D eigenvalue weighted by Crippen LogP contribution is -2.27. The second kappa shape index (κ2) is 8.29. The maximum Gasteiger partial charge on any atom is 0.259 e. The topological polar surface area (TPSA) is 85.8 Å². The Morgan fingerprint density at radius 1 is 1.16 bits per heavy atom. The average Bonchev–Trinajstić information content (AvgIpc) is 3.30. The Hall–Kier alpha value is -3.55. The molecular formula is C23H24FN5O2. The minimum Gasteiger partial charge on any atom is -0.352 e. The van der Waals surface area contributed by atoms with Gasteiger partial charge in [0.15, 0.2) is 0 Å². The van der Waals surface area contributed by atoms with E-state index in [9.17, 15) is 9.18 Å². The number of aromatic nitrogens is 4. The first-order valence-electron chi connectivity index (χ1n) is 10.2. The van der Waals surface area contributed by atoms with Gasteiger partial charge in [-0.3, -0.25) is 9.48 Å². The van der Waals surface area contributed by atoms with E-state index in [1.54, 1.807) is 25.1 Å². The molecule has 0 bridgehead atoms. The molecule has 0 radical (unpaired) electrons. The molecule has 0 aliphatic heterocycles. The van der Waals surface area contributed by atoms with Crippen LogP contribution in [0.3, 0.4) is 0 Å². The van der Waals surface area contributed by atoms with E-state index in [-0.39, 0.29) is 23.5 Å². The third kappa shape index (κ3) is 4.19. The average molecular weight is 421 g/mol. The third-order valence-corrected chi connectivity index (χ3v) is 5.25. The fourth-order valence-electron chi connectivity index (χ4n) is 3.76. The number of carbonyl (C=O) groups is 1. The molecule has 0 fully saturated rings. The van der Waals surface area contributed by atoms with Crippen molar-refractivity contribution in [1.82, 2.24) is 25.2 Å². The van der Waals surface area contributed by atoms with Crippen LogP contribution in [0.25, 0.3) is 22.4 Å². The van der Waals surface area contributed by atoms with Gasteiger partial charge < -0.3 is 9.84 Å². The van der Waals surface area contributed by atoms with E-state index in [0.29, 0.717) is 34.4 Å². The Balaban J connectivity index is 1.56. The highest BCUT2D eigenvalue weighted by molar-refractivity contribution is 6.09. The van der Waals surface area contributed by atoms with Crippen LogP contribution in [-0.4, -0.2) is 32.4 Å². The van der Waals surface area contributed by atoms with Crippen molar-refractivity contribution in [2.45, 2.75) is 40.2 Å². The molecule has 7 nitrogen and oxygen atoms in total. The standard InChI is InChI=1S/C23H24FN5O2/c1-13-12-19(22(30)25-10-9-15(3)29-16(4)11-14(2)27-29)20-21(28-31-23(20)26-13)17-5-7-18(24)8-6-17/h5-8,11-12,15H,9-10H2,1-4H3,(H,25,30)/t15-/m0/s1. The van der Waals surface area contributed by atoms with Crippen molar-refractivity contribution in [2.24, 2.45) is 0 Å². The van der Waals surface area contributed by atoms with Crippen LogP contribution in [0.15, 0.2) is 40.9 Å². The fourth-order valence-corrected chi connectivity index (χ4v) is 3.76. The van der Waals surface area contributed by atoms with Gasteiger partial charge in [-0.05, 0) is 70.5 Å². The summed E-state index contributed by atoms with van der Waals surface area (Å²) in [4.78, 5) is 17.4. The molecule has 4 rings (SSSR count). The first-order chi connectivity index (χ1) is 14.8. The largest absolute Gasteiger partial charge is 0.352 e. The number of amides is 1. The molecular weight excluding hydrogens is 397 g/mol. The van der Waals surface area contributed by atoms with Gasteiger partial charge in [0.25, 0.3) is 11.6 Å². The number of carbonyl (C=O) groups excluding carboxylic acids is 1. The molecule has 0 unspecified atom stereocenters. The lowest BCUT2D eigenvalue weighted by Gasteiger charge is -2.15. The number of aryl methyl sites for hydroxylation is 3. The monoisotopic (exact) mass is 421 g/mol. The molecule has 0 aliphatic rings. The predicted molar refractivity (Wildman–Crippen MR) is 115 cm³/mol. The Labute approximate surface area is 179 Å². The zero-order valence-corrected chi connectivity index (χ0v) is 17.9. The number of pyridine rings is 1. The Morgan fingerprint density at radius 3 is 2.58 bits per heavy atom. The number of halogens is 1. The molecule has 0 aliphatic carbocycles. The second-order valence-corrected chi connectivity index (χ2v) is 7.79. The molecule has 31 heavy (non-hydrogen) atoms. The maximum atomic E-state index is 13.3. The van der Waals surface area contributed by atoms with Gasteiger partial charge in [-0.15, -0.1) is 0 Å². The number of nitrogens with one attached hydrogen (secondary N) is 1. The van der Waals surface area contributed by atoms with Crippen LogP contribution in [0.1, 0.15) is 46.8 Å². The summed E-state index contributed by atoms with van der Waals surface area (Å²) >= 11 is 0. The Bertz CT molecular complexity index is 1240. The number of hydrogen-bond donors (Lipinski definition) is 1. The van der Waals surface area contributed by atoms with Crippen LogP contribution in [-0.2, 0) is 0 Å². The zero-order valence-electron chi connectivity index (χ0n) is 17.9. The summed E-state index contributed by atoms with van der Waals surface area (Å²) in [6.45, 7) is 8.34. The first-order valence-corrected chi connectivity index (χ1v) is 10.2. The van der Waals surface area contributed by atoms with E-state index in [4.69, 9.17) is 4.52 Å². The van der Waals surface area contributed by atoms with Crippen LogP contribution in [0.5, 0.6) is 0 Å². The van der Waals surface area contributed by atoms with Crippen molar-refractivity contribution in [2.75, 3.05) is 6.54 Å². The van der Waals surface area contributed by atoms with E-state index >= 15 is 0 Å². The van der Waals surface area contributed by atoms with Gasteiger partial charge in [0, 0.05) is 23.5 Å². The van der Waals surface area contributed by atoms with Gasteiger partial charge in [0.2, 0.25) is 0 Å². The number of rotatable bonds is 6. The summed E-state index contributed by atoms with van der Waals surface area (Å²) in [7, 11) is 0. The van der Waals surface area contributed by atoms with Gasteiger partial charge in [0.1, 0.15) is 11.5 Å². The van der Waals surface area contributed by atoms with E-state index in [2.05, 4.69) is 27.5 Å². The molecule has 3 heterocycles. The third-order valence-electron chi connectivity index (χ3n) is 5.25. The maximum absolute atomic E-state index is 13.3. The van der Waals surface area contributed by atoms with Crippen molar-refractivity contribution >= 4 is 17.0 Å². The summed E-state index contributed by atoms with van der Waals surface area (Å²) < 4.78 is 20.7. The molecule has 0 saturated heterocycles. The Kier molecular flexibility index (Phi) is 5.54. The summed E-state index contributed by atoms with van der Waals surface area (Å²) in [5, 5.41) is 12.1. The van der Waals surface area contributed by atoms with Gasteiger partial charge in [-0.1, -0.05) is 5.16 Å². The van der Waals surface area contributed by atoms with Crippen molar-refractivity contribution in [3.05, 3.63) is 64.9 Å². The second-order valence-electron chi connectivity index (χ2n) is 7.79. The molecule has 1 aromatic carbocycles. The zero-order chi connectivity index (χ0) is 22.1. The number of benzene rings is 1. The molecule has 1 amide bonds. The number of nitrogens with zero attached hydrogens (tertiary/aromatic N) is 4. The fraction of sp³-hybridized carbons (Fsp3) is 0.304. The molecule has 1 atom stereocenters. The van der Waals surface area contributed by atoms with E-state index in [0.717, 1.165) is 17.8 Å². The van der Waals surface area contributed by atoms with Crippen LogP contribution in [0, 0.1) is 26.6 Å². The minimum absolute atomic E-state index is 0.151. The normalized spacial score (nSPS) is 12.3. The summed E-state index contributed by atoms with van der Waals surface area (Å²) in [5.74, 6) is -0.581. The van der Waals surface area contributed by atoms with Gasteiger partial charge in [-0.25, -0.2) is 9.37 Å². The quantitative estimate of drug-likeness (QED) is 0.494. The highest BCUT2D eigenvalue weighted by Crippen LogP contribution is 2.30.